The molecule has 12 heteroatoms. The minimum atomic E-state index is -0.984. The van der Waals surface area contributed by atoms with E-state index in [1.54, 1.807) is 90.4 Å². The highest BCUT2D eigenvalue weighted by Crippen LogP contribution is 2.46. The number of Topliss-reactive ketones (excluding diaryl/α,β-unsaturated/α-hetero) is 2. The summed E-state index contributed by atoms with van der Waals surface area (Å²) in [5.74, 6) is -1.25. The quantitative estimate of drug-likeness (QED) is 0.109. The molecule has 2 aliphatic rings. The molecule has 0 saturated heterocycles. The summed E-state index contributed by atoms with van der Waals surface area (Å²) in [6.07, 6.45) is 1.80. The first-order chi connectivity index (χ1) is 32.2. The molecule has 6 aromatic carbocycles. The first kappa shape index (κ1) is 46.4. The Morgan fingerprint density at radius 2 is 0.838 bits per heavy atom. The van der Waals surface area contributed by atoms with Gasteiger partial charge in [0, 0.05) is 63.1 Å². The normalized spacial score (nSPS) is 14.7. The number of hydrogen-bond acceptors (Lipinski definition) is 10. The van der Waals surface area contributed by atoms with E-state index < -0.39 is 35.0 Å². The van der Waals surface area contributed by atoms with E-state index in [4.69, 9.17) is 9.47 Å². The third kappa shape index (κ3) is 9.85. The van der Waals surface area contributed by atoms with Crippen molar-refractivity contribution < 1.29 is 28.7 Å². The standard InChI is InChI=1S/C56H54N6O6/c1-55(2,3)67-53(65)61-47-29-39(37-21-17-35(18-22-37)33-57-41-13-11-15-43(31-41)59(7)8)25-27-45(47)51(63)49(61)50-52(64)46-28-26-40(30-48(46)62(50)54(66)68-56(4,5)6)38-23-19-36(20-24-38)34-58-42-14-12-16-44(32-42)60(9)10/h11-34H,1-10H3/b50-49+,57-33?,58-34?. The van der Waals surface area contributed by atoms with Crippen LogP contribution in [0.1, 0.15) is 73.4 Å². The van der Waals surface area contributed by atoms with Crippen LogP contribution in [0.3, 0.4) is 0 Å². The van der Waals surface area contributed by atoms with Gasteiger partial charge in [0.05, 0.1) is 22.7 Å². The van der Waals surface area contributed by atoms with Crippen LogP contribution in [0.2, 0.25) is 0 Å². The number of anilines is 4. The molecule has 12 nitrogen and oxygen atoms in total. The predicted molar refractivity (Wildman–Crippen MR) is 273 cm³/mol. The minimum absolute atomic E-state index is 0.161. The van der Waals surface area contributed by atoms with E-state index in [1.807, 2.05) is 135 Å². The number of nitrogens with zero attached hydrogens (tertiary/aromatic N) is 6. The summed E-state index contributed by atoms with van der Waals surface area (Å²) in [5, 5.41) is 0. The molecule has 0 bridgehead atoms. The van der Waals surface area contributed by atoms with E-state index in [2.05, 4.69) is 9.98 Å². The van der Waals surface area contributed by atoms with Gasteiger partial charge in [0.1, 0.15) is 22.6 Å². The lowest BCUT2D eigenvalue weighted by molar-refractivity contribution is 0.0571. The van der Waals surface area contributed by atoms with Crippen molar-refractivity contribution in [3.63, 3.8) is 0 Å². The van der Waals surface area contributed by atoms with E-state index in [-0.39, 0.29) is 33.9 Å². The average molecular weight is 907 g/mol. The van der Waals surface area contributed by atoms with Crippen LogP contribution in [0.4, 0.5) is 43.7 Å². The SMILES string of the molecule is CN(C)c1cccc(N=Cc2ccc(-c3ccc4c(c3)N(C(=O)OC(C)(C)C)/C(=C3\C(=O)c5ccc(-c6ccc(C=Nc7cccc(N(C)C)c7)cc6)cc5N3C(=O)OC(C)(C)C)C4=O)cc2)c1. The molecule has 0 saturated carbocycles. The molecule has 344 valence electrons. The van der Waals surface area contributed by atoms with Gasteiger partial charge >= 0.3 is 12.2 Å². The zero-order valence-electron chi connectivity index (χ0n) is 40.0. The maximum Gasteiger partial charge on any atom is 0.419 e. The maximum absolute atomic E-state index is 14.8. The number of fused-ring (bicyclic) bond motifs is 2. The number of carbonyl (C=O) groups is 4. The molecule has 2 amide bonds. The highest BCUT2D eigenvalue weighted by atomic mass is 16.6. The van der Waals surface area contributed by atoms with Crippen molar-refractivity contribution in [3.8, 4) is 22.3 Å². The van der Waals surface area contributed by atoms with Gasteiger partial charge in [0.15, 0.2) is 0 Å². The lowest BCUT2D eigenvalue weighted by Gasteiger charge is -2.28. The van der Waals surface area contributed by atoms with E-state index in [1.165, 1.54) is 0 Å². The summed E-state index contributed by atoms with van der Waals surface area (Å²) >= 11 is 0. The van der Waals surface area contributed by atoms with Gasteiger partial charge in [-0.05, 0) is 136 Å². The third-order valence-electron chi connectivity index (χ3n) is 11.1. The van der Waals surface area contributed by atoms with Crippen molar-refractivity contribution in [1.82, 2.24) is 0 Å². The summed E-state index contributed by atoms with van der Waals surface area (Å²) < 4.78 is 11.8. The van der Waals surface area contributed by atoms with Gasteiger partial charge in [-0.3, -0.25) is 19.6 Å². The zero-order valence-corrected chi connectivity index (χ0v) is 40.0. The Labute approximate surface area is 397 Å². The summed E-state index contributed by atoms with van der Waals surface area (Å²) in [6.45, 7) is 10.3. The Morgan fingerprint density at radius 1 is 0.485 bits per heavy atom. The number of amides is 2. The molecule has 0 radical (unpaired) electrons. The molecule has 68 heavy (non-hydrogen) atoms. The number of aliphatic imine (C=N–C) groups is 2. The van der Waals surface area contributed by atoms with Crippen LogP contribution in [-0.2, 0) is 9.47 Å². The van der Waals surface area contributed by atoms with Gasteiger partial charge in [-0.15, -0.1) is 0 Å². The van der Waals surface area contributed by atoms with Crippen LogP contribution in [0.15, 0.2) is 155 Å². The maximum atomic E-state index is 14.8. The van der Waals surface area contributed by atoms with E-state index in [9.17, 15) is 19.2 Å². The smallest absolute Gasteiger partial charge is 0.419 e. The second-order valence-electron chi connectivity index (χ2n) is 19.0. The first-order valence-electron chi connectivity index (χ1n) is 22.3. The highest BCUT2D eigenvalue weighted by Gasteiger charge is 2.49. The second-order valence-corrected chi connectivity index (χ2v) is 19.0. The van der Waals surface area contributed by atoms with Gasteiger partial charge in [-0.1, -0.05) is 72.8 Å². The van der Waals surface area contributed by atoms with Crippen LogP contribution >= 0.6 is 0 Å². The fraction of sp³-hybridized carbons (Fsp3) is 0.214. The molecule has 0 unspecified atom stereocenters. The third-order valence-corrected chi connectivity index (χ3v) is 11.1. The average Bonchev–Trinajstić information content (AvgIpc) is 3.75. The number of hydrogen-bond donors (Lipinski definition) is 0. The molecule has 0 atom stereocenters. The zero-order chi connectivity index (χ0) is 48.7. The molecule has 0 aromatic heterocycles. The van der Waals surface area contributed by atoms with Crippen LogP contribution in [0, 0.1) is 0 Å². The van der Waals surface area contributed by atoms with Crippen LogP contribution in [-0.4, -0.2) is 75.6 Å². The molecule has 0 aliphatic carbocycles. The Bertz CT molecular complexity index is 2860. The number of ether oxygens (including phenoxy) is 2. The molecular formula is C56H54N6O6. The second kappa shape index (κ2) is 18.3. The molecule has 0 N–H and O–H groups in total. The molecule has 0 spiro atoms. The van der Waals surface area contributed by atoms with Crippen LogP contribution < -0.4 is 19.6 Å². The Morgan fingerprint density at radius 3 is 1.18 bits per heavy atom. The van der Waals surface area contributed by atoms with Gasteiger partial charge < -0.3 is 19.3 Å². The van der Waals surface area contributed by atoms with Crippen molar-refractivity contribution in [2.75, 3.05) is 47.8 Å². The topological polar surface area (TPSA) is 124 Å². The van der Waals surface area contributed by atoms with Gasteiger partial charge in [0.25, 0.3) is 0 Å². The summed E-state index contributed by atoms with van der Waals surface area (Å²) in [6, 6.07) is 41.6. The molecule has 2 heterocycles. The highest BCUT2D eigenvalue weighted by molar-refractivity contribution is 6.33. The Hall–Kier alpha value is -8.12. The summed E-state index contributed by atoms with van der Waals surface area (Å²) in [4.78, 5) is 74.1. The number of rotatable bonds is 8. The summed E-state index contributed by atoms with van der Waals surface area (Å²) in [7, 11) is 7.92. The first-order valence-corrected chi connectivity index (χ1v) is 22.3. The van der Waals surface area contributed by atoms with Gasteiger partial charge in [-0.25, -0.2) is 19.4 Å². The van der Waals surface area contributed by atoms with Crippen molar-refractivity contribution in [3.05, 3.63) is 167 Å². The van der Waals surface area contributed by atoms with Gasteiger partial charge in [-0.2, -0.15) is 0 Å². The van der Waals surface area contributed by atoms with Crippen molar-refractivity contribution >= 4 is 70.3 Å². The minimum Gasteiger partial charge on any atom is -0.443 e. The van der Waals surface area contributed by atoms with Crippen molar-refractivity contribution in [2.45, 2.75) is 52.7 Å². The fourth-order valence-electron chi connectivity index (χ4n) is 7.82. The molecule has 6 aromatic rings. The van der Waals surface area contributed by atoms with Crippen LogP contribution in [0.5, 0.6) is 0 Å². The molecule has 2 aliphatic heterocycles. The fourth-order valence-corrected chi connectivity index (χ4v) is 7.82. The number of ketones is 2. The van der Waals surface area contributed by atoms with Gasteiger partial charge in [0.2, 0.25) is 11.6 Å². The van der Waals surface area contributed by atoms with E-state index >= 15 is 0 Å². The molecular weight excluding hydrogens is 853 g/mol. The lowest BCUT2D eigenvalue weighted by atomic mass is 10.00. The van der Waals surface area contributed by atoms with Crippen LogP contribution in [0.25, 0.3) is 22.3 Å². The number of carbonyl (C=O) groups excluding carboxylic acids is 4. The Kier molecular flexibility index (Phi) is 12.5. The molecule has 0 fully saturated rings. The van der Waals surface area contributed by atoms with E-state index in [0.717, 1.165) is 54.8 Å². The van der Waals surface area contributed by atoms with E-state index in [0.29, 0.717) is 11.1 Å². The predicted octanol–water partition coefficient (Wildman–Crippen LogP) is 12.4. The largest absolute Gasteiger partial charge is 0.443 e. The lowest BCUT2D eigenvalue weighted by Crippen LogP contribution is -2.40. The monoisotopic (exact) mass is 906 g/mol. The summed E-state index contributed by atoms with van der Waals surface area (Å²) in [5.41, 5.74) is 6.61. The Balaban J connectivity index is 1.17. The molecule has 8 rings (SSSR count). The van der Waals surface area contributed by atoms with Crippen molar-refractivity contribution in [2.24, 2.45) is 9.98 Å². The number of allylic oxidation sites excluding steroid dienone is 2. The van der Waals surface area contributed by atoms with Crippen molar-refractivity contribution in [1.29, 1.82) is 0 Å². The number of benzene rings is 6.